The van der Waals surface area contributed by atoms with Gasteiger partial charge in [-0.1, -0.05) is 0 Å². The number of hydrazine groups is 1. The molecule has 76 valence electrons. The average Bonchev–Trinajstić information content (AvgIpc) is 2.79. The molecule has 0 aromatic carbocycles. The number of hydrogen-bond donors (Lipinski definition) is 1. The third-order valence-corrected chi connectivity index (χ3v) is 3.24. The monoisotopic (exact) mass is 194 g/mol. The SMILES string of the molecule is BC(=O)C1(NN2CCC[C@H]2C=O)CC1. The maximum atomic E-state index is 11.3. The van der Waals surface area contributed by atoms with Crippen molar-refractivity contribution < 1.29 is 9.59 Å². The Balaban J connectivity index is 1.97. The highest BCUT2D eigenvalue weighted by atomic mass is 16.1. The van der Waals surface area contributed by atoms with Crippen LogP contribution in [0.3, 0.4) is 0 Å². The molecule has 1 saturated carbocycles. The van der Waals surface area contributed by atoms with Crippen LogP contribution >= 0.6 is 0 Å². The fourth-order valence-corrected chi connectivity index (χ4v) is 2.02. The van der Waals surface area contributed by atoms with Gasteiger partial charge in [0, 0.05) is 6.54 Å². The summed E-state index contributed by atoms with van der Waals surface area (Å²) in [6, 6.07) is -0.0353. The van der Waals surface area contributed by atoms with E-state index in [-0.39, 0.29) is 17.3 Å². The summed E-state index contributed by atoms with van der Waals surface area (Å²) in [5.74, 6) is 0. The van der Waals surface area contributed by atoms with Crippen LogP contribution in [-0.4, -0.2) is 42.9 Å². The standard InChI is InChI=1S/C9H15BN2O2/c10-8(14)9(3-4-9)11-12-5-1-2-7(12)6-13/h6-7,11H,1-5,10H2/t7-/m0/s1. The summed E-state index contributed by atoms with van der Waals surface area (Å²) >= 11 is 0. The third-order valence-electron chi connectivity index (χ3n) is 3.24. The molecule has 0 spiro atoms. The summed E-state index contributed by atoms with van der Waals surface area (Å²) in [4.78, 5) is 22.1. The first-order chi connectivity index (χ1) is 6.68. The molecule has 5 heteroatoms. The molecule has 4 nitrogen and oxygen atoms in total. The summed E-state index contributed by atoms with van der Waals surface area (Å²) < 4.78 is 0. The van der Waals surface area contributed by atoms with Crippen molar-refractivity contribution in [2.75, 3.05) is 6.54 Å². The van der Waals surface area contributed by atoms with Crippen LogP contribution in [0, 0.1) is 0 Å². The van der Waals surface area contributed by atoms with Crippen LogP contribution < -0.4 is 5.43 Å². The fourth-order valence-electron chi connectivity index (χ4n) is 2.02. The molecule has 1 aliphatic heterocycles. The number of hydrogen-bond acceptors (Lipinski definition) is 4. The predicted molar refractivity (Wildman–Crippen MR) is 54.4 cm³/mol. The molecule has 1 heterocycles. The quantitative estimate of drug-likeness (QED) is 0.453. The van der Waals surface area contributed by atoms with Gasteiger partial charge in [-0.05, 0) is 25.7 Å². The van der Waals surface area contributed by atoms with E-state index in [0.29, 0.717) is 0 Å². The first-order valence-electron chi connectivity index (χ1n) is 5.19. The van der Waals surface area contributed by atoms with Crippen molar-refractivity contribution in [3.05, 3.63) is 0 Å². The predicted octanol–water partition coefficient (Wildman–Crippen LogP) is -1.15. The summed E-state index contributed by atoms with van der Waals surface area (Å²) in [5, 5.41) is 1.93. The minimum atomic E-state index is -0.328. The van der Waals surface area contributed by atoms with Crippen LogP contribution in [0.4, 0.5) is 0 Å². The zero-order valence-corrected chi connectivity index (χ0v) is 8.45. The zero-order chi connectivity index (χ0) is 10.2. The van der Waals surface area contributed by atoms with E-state index in [1.54, 1.807) is 7.85 Å². The van der Waals surface area contributed by atoms with Crippen LogP contribution in [0.25, 0.3) is 0 Å². The van der Waals surface area contributed by atoms with E-state index in [2.05, 4.69) is 5.43 Å². The first-order valence-corrected chi connectivity index (χ1v) is 5.19. The molecule has 0 amide bonds. The Morgan fingerprint density at radius 1 is 1.57 bits per heavy atom. The second-order valence-corrected chi connectivity index (χ2v) is 4.29. The maximum Gasteiger partial charge on any atom is 0.189 e. The van der Waals surface area contributed by atoms with Crippen molar-refractivity contribution in [1.82, 2.24) is 10.4 Å². The molecule has 0 aromatic heterocycles. The molecule has 1 atom stereocenters. The van der Waals surface area contributed by atoms with Gasteiger partial charge in [-0.3, -0.25) is 0 Å². The van der Waals surface area contributed by atoms with E-state index in [0.717, 1.165) is 38.5 Å². The van der Waals surface area contributed by atoms with Crippen LogP contribution in [0.15, 0.2) is 0 Å². The van der Waals surface area contributed by atoms with E-state index < -0.39 is 0 Å². The summed E-state index contributed by atoms with van der Waals surface area (Å²) in [6.45, 7) is 0.873. The van der Waals surface area contributed by atoms with Crippen LogP contribution in [-0.2, 0) is 9.59 Å². The number of carbonyl (C=O) groups excluding carboxylic acids is 2. The lowest BCUT2D eigenvalue weighted by Crippen LogP contribution is -2.52. The lowest BCUT2D eigenvalue weighted by atomic mass is 9.93. The smallest absolute Gasteiger partial charge is 0.189 e. The van der Waals surface area contributed by atoms with E-state index >= 15 is 0 Å². The van der Waals surface area contributed by atoms with Gasteiger partial charge in [0.05, 0.1) is 11.6 Å². The molecular formula is C9H15BN2O2. The van der Waals surface area contributed by atoms with Crippen LogP contribution in [0.1, 0.15) is 25.7 Å². The molecular weight excluding hydrogens is 179 g/mol. The van der Waals surface area contributed by atoms with Gasteiger partial charge in [-0.2, -0.15) is 0 Å². The number of aldehydes is 1. The summed E-state index contributed by atoms with van der Waals surface area (Å²) in [5.41, 5.74) is 3.08. The molecule has 2 aliphatic rings. The van der Waals surface area contributed by atoms with Gasteiger partial charge < -0.3 is 9.59 Å². The van der Waals surface area contributed by atoms with E-state index in [9.17, 15) is 9.59 Å². The Hall–Kier alpha value is -0.675. The van der Waals surface area contributed by atoms with Gasteiger partial charge in [0.15, 0.2) is 7.85 Å². The van der Waals surface area contributed by atoms with Crippen molar-refractivity contribution in [1.29, 1.82) is 0 Å². The number of nitrogens with zero attached hydrogens (tertiary/aromatic N) is 1. The Labute approximate surface area is 84.4 Å². The molecule has 2 fully saturated rings. The van der Waals surface area contributed by atoms with E-state index in [1.807, 2.05) is 5.01 Å². The molecule has 0 bridgehead atoms. The van der Waals surface area contributed by atoms with Crippen molar-refractivity contribution in [3.63, 3.8) is 0 Å². The first kappa shape index (κ1) is 9.86. The topological polar surface area (TPSA) is 49.4 Å². The molecule has 0 unspecified atom stereocenters. The van der Waals surface area contributed by atoms with E-state index in [1.165, 1.54) is 0 Å². The minimum Gasteiger partial charge on any atom is -0.310 e. The summed E-state index contributed by atoms with van der Waals surface area (Å²) in [6.07, 6.45) is 4.72. The molecule has 14 heavy (non-hydrogen) atoms. The molecule has 1 aliphatic carbocycles. The lowest BCUT2D eigenvalue weighted by molar-refractivity contribution is -0.118. The largest absolute Gasteiger partial charge is 0.310 e. The second kappa shape index (κ2) is 3.48. The van der Waals surface area contributed by atoms with Gasteiger partial charge in [-0.15, -0.1) is 0 Å². The molecule has 0 radical (unpaired) electrons. The van der Waals surface area contributed by atoms with Gasteiger partial charge in [0.25, 0.3) is 0 Å². The highest BCUT2D eigenvalue weighted by Gasteiger charge is 2.48. The zero-order valence-electron chi connectivity index (χ0n) is 8.45. The van der Waals surface area contributed by atoms with Gasteiger partial charge in [-0.25, -0.2) is 10.4 Å². The van der Waals surface area contributed by atoms with Gasteiger partial charge in [0.2, 0.25) is 0 Å². The Bertz CT molecular complexity index is 266. The number of carbonyl (C=O) groups is 2. The van der Waals surface area contributed by atoms with Crippen molar-refractivity contribution in [2.24, 2.45) is 0 Å². The third kappa shape index (κ3) is 1.62. The Morgan fingerprint density at radius 2 is 2.29 bits per heavy atom. The van der Waals surface area contributed by atoms with Crippen molar-refractivity contribution in [2.45, 2.75) is 37.3 Å². The highest BCUT2D eigenvalue weighted by molar-refractivity contribution is 6.60. The Morgan fingerprint density at radius 3 is 2.79 bits per heavy atom. The molecule has 1 saturated heterocycles. The minimum absolute atomic E-state index is 0.0353. The molecule has 0 aromatic rings. The highest BCUT2D eigenvalue weighted by Crippen LogP contribution is 2.36. The number of rotatable bonds is 4. The van der Waals surface area contributed by atoms with Crippen molar-refractivity contribution in [3.8, 4) is 0 Å². The summed E-state index contributed by atoms with van der Waals surface area (Å²) in [7, 11) is 1.62. The fraction of sp³-hybridized carbons (Fsp3) is 0.778. The van der Waals surface area contributed by atoms with Crippen LogP contribution in [0.5, 0.6) is 0 Å². The maximum absolute atomic E-state index is 11.3. The van der Waals surface area contributed by atoms with Gasteiger partial charge >= 0.3 is 0 Å². The van der Waals surface area contributed by atoms with E-state index in [4.69, 9.17) is 0 Å². The Kier molecular flexibility index (Phi) is 2.45. The van der Waals surface area contributed by atoms with Gasteiger partial charge in [0.1, 0.15) is 12.0 Å². The molecule has 1 N–H and O–H groups in total. The number of nitrogens with one attached hydrogen (secondary N) is 1. The second-order valence-electron chi connectivity index (χ2n) is 4.29. The normalized spacial score (nSPS) is 30.1. The molecule has 2 rings (SSSR count). The lowest BCUT2D eigenvalue weighted by Gasteiger charge is -2.26. The average molecular weight is 194 g/mol. The van der Waals surface area contributed by atoms with Crippen molar-refractivity contribution >= 4 is 19.8 Å². The van der Waals surface area contributed by atoms with Crippen LogP contribution in [0.2, 0.25) is 0 Å².